The highest BCUT2D eigenvalue weighted by Crippen LogP contribution is 2.18. The Morgan fingerprint density at radius 2 is 2.35 bits per heavy atom. The molecule has 0 saturated carbocycles. The van der Waals surface area contributed by atoms with Crippen molar-refractivity contribution >= 4 is 11.8 Å². The first-order valence-corrected chi connectivity index (χ1v) is 6.75. The summed E-state index contributed by atoms with van der Waals surface area (Å²) in [6, 6.07) is 3.14. The lowest BCUT2D eigenvalue weighted by Gasteiger charge is -2.20. The van der Waals surface area contributed by atoms with Crippen LogP contribution in [0, 0.1) is 0 Å². The second-order valence-electron chi connectivity index (χ2n) is 5.03. The molecule has 1 N–H and O–H groups in total. The fraction of sp³-hybridized carbons (Fsp3) is 0.538. The van der Waals surface area contributed by atoms with Gasteiger partial charge in [-0.25, -0.2) is 0 Å². The SMILES string of the molecule is O=C1CC[C@@H](C(=O)N2CC[C@H](Oc3cccnn3)C2)N1. The van der Waals surface area contributed by atoms with Crippen molar-refractivity contribution in [3.8, 4) is 5.88 Å². The van der Waals surface area contributed by atoms with Gasteiger partial charge in [0.15, 0.2) is 0 Å². The van der Waals surface area contributed by atoms with Gasteiger partial charge in [-0.05, 0) is 12.5 Å². The zero-order chi connectivity index (χ0) is 13.9. The van der Waals surface area contributed by atoms with E-state index in [1.165, 1.54) is 0 Å². The monoisotopic (exact) mass is 276 g/mol. The first kappa shape index (κ1) is 12.8. The van der Waals surface area contributed by atoms with Gasteiger partial charge in [-0.3, -0.25) is 9.59 Å². The van der Waals surface area contributed by atoms with Crippen LogP contribution in [-0.2, 0) is 9.59 Å². The standard InChI is InChI=1S/C13H16N4O3/c18-11-4-3-10(15-11)13(19)17-7-5-9(8-17)20-12-2-1-6-14-16-12/h1-2,6,9-10H,3-5,7-8H2,(H,15,18)/t9-,10-/m0/s1. The minimum Gasteiger partial charge on any atom is -0.471 e. The number of aromatic nitrogens is 2. The average Bonchev–Trinajstić information content (AvgIpc) is 3.08. The van der Waals surface area contributed by atoms with Crippen LogP contribution in [0.25, 0.3) is 0 Å². The lowest BCUT2D eigenvalue weighted by molar-refractivity contribution is -0.133. The van der Waals surface area contributed by atoms with Crippen molar-refractivity contribution in [1.82, 2.24) is 20.4 Å². The van der Waals surface area contributed by atoms with E-state index in [-0.39, 0.29) is 24.0 Å². The largest absolute Gasteiger partial charge is 0.471 e. The van der Waals surface area contributed by atoms with E-state index in [0.717, 1.165) is 6.42 Å². The van der Waals surface area contributed by atoms with Gasteiger partial charge in [0.05, 0.1) is 6.54 Å². The van der Waals surface area contributed by atoms with Gasteiger partial charge in [0.2, 0.25) is 17.7 Å². The summed E-state index contributed by atoms with van der Waals surface area (Å²) >= 11 is 0. The molecule has 2 fully saturated rings. The second kappa shape index (κ2) is 5.44. The van der Waals surface area contributed by atoms with Crippen LogP contribution in [0.4, 0.5) is 0 Å². The number of likely N-dealkylation sites (tertiary alicyclic amines) is 1. The van der Waals surface area contributed by atoms with Crippen LogP contribution in [-0.4, -0.2) is 52.1 Å². The Labute approximate surface area is 116 Å². The normalized spacial score (nSPS) is 25.6. The maximum Gasteiger partial charge on any atom is 0.245 e. The van der Waals surface area contributed by atoms with Crippen LogP contribution in [0.1, 0.15) is 19.3 Å². The van der Waals surface area contributed by atoms with Crippen LogP contribution in [0.2, 0.25) is 0 Å². The third-order valence-electron chi connectivity index (χ3n) is 3.59. The summed E-state index contributed by atoms with van der Waals surface area (Å²) in [6.07, 6.45) is 3.31. The van der Waals surface area contributed by atoms with Crippen molar-refractivity contribution < 1.29 is 14.3 Å². The molecule has 0 bridgehead atoms. The number of carbonyl (C=O) groups is 2. The molecule has 3 heterocycles. The van der Waals surface area contributed by atoms with E-state index < -0.39 is 0 Å². The summed E-state index contributed by atoms with van der Waals surface area (Å²) in [7, 11) is 0. The Hall–Kier alpha value is -2.18. The summed E-state index contributed by atoms with van der Waals surface area (Å²) in [4.78, 5) is 25.1. The van der Waals surface area contributed by atoms with E-state index in [0.29, 0.717) is 31.8 Å². The van der Waals surface area contributed by atoms with E-state index in [9.17, 15) is 9.59 Å². The van der Waals surface area contributed by atoms with Crippen LogP contribution in [0.15, 0.2) is 18.3 Å². The van der Waals surface area contributed by atoms with E-state index in [2.05, 4.69) is 15.5 Å². The highest BCUT2D eigenvalue weighted by molar-refractivity contribution is 5.90. The Bertz CT molecular complexity index is 508. The van der Waals surface area contributed by atoms with Gasteiger partial charge < -0.3 is 15.0 Å². The van der Waals surface area contributed by atoms with Crippen molar-refractivity contribution in [2.75, 3.05) is 13.1 Å². The van der Waals surface area contributed by atoms with Crippen LogP contribution >= 0.6 is 0 Å². The fourth-order valence-electron chi connectivity index (χ4n) is 2.57. The third kappa shape index (κ3) is 2.71. The molecular weight excluding hydrogens is 260 g/mol. The van der Waals surface area contributed by atoms with E-state index >= 15 is 0 Å². The first-order chi connectivity index (χ1) is 9.72. The van der Waals surface area contributed by atoms with Gasteiger partial charge in [0.1, 0.15) is 12.1 Å². The molecule has 7 heteroatoms. The zero-order valence-electron chi connectivity index (χ0n) is 11.0. The van der Waals surface area contributed by atoms with Crippen molar-refractivity contribution in [2.45, 2.75) is 31.4 Å². The van der Waals surface area contributed by atoms with E-state index in [4.69, 9.17) is 4.74 Å². The number of amides is 2. The molecule has 20 heavy (non-hydrogen) atoms. The summed E-state index contributed by atoms with van der Waals surface area (Å²) in [6.45, 7) is 1.18. The number of rotatable bonds is 3. The topological polar surface area (TPSA) is 84.4 Å². The van der Waals surface area contributed by atoms with Crippen molar-refractivity contribution in [3.63, 3.8) is 0 Å². The maximum absolute atomic E-state index is 12.2. The fourth-order valence-corrected chi connectivity index (χ4v) is 2.57. The van der Waals surface area contributed by atoms with Gasteiger partial charge in [-0.2, -0.15) is 5.10 Å². The molecule has 0 aliphatic carbocycles. The number of carbonyl (C=O) groups excluding carboxylic acids is 2. The Kier molecular flexibility index (Phi) is 3.49. The number of ether oxygens (including phenoxy) is 1. The van der Waals surface area contributed by atoms with Gasteiger partial charge in [0, 0.05) is 31.6 Å². The quantitative estimate of drug-likeness (QED) is 0.822. The summed E-state index contributed by atoms with van der Waals surface area (Å²) in [5.74, 6) is 0.414. The molecular formula is C13H16N4O3. The van der Waals surface area contributed by atoms with E-state index in [1.54, 1.807) is 23.2 Å². The van der Waals surface area contributed by atoms with Crippen LogP contribution in [0.3, 0.4) is 0 Å². The molecule has 1 aromatic rings. The number of hydrogen-bond donors (Lipinski definition) is 1. The van der Waals surface area contributed by atoms with Gasteiger partial charge in [-0.1, -0.05) is 0 Å². The Morgan fingerprint density at radius 1 is 1.45 bits per heavy atom. The Morgan fingerprint density at radius 3 is 3.05 bits per heavy atom. The molecule has 2 amide bonds. The van der Waals surface area contributed by atoms with Crippen LogP contribution in [0.5, 0.6) is 5.88 Å². The molecule has 0 aromatic carbocycles. The highest BCUT2D eigenvalue weighted by atomic mass is 16.5. The number of hydrogen-bond acceptors (Lipinski definition) is 5. The molecule has 2 saturated heterocycles. The Balaban J connectivity index is 1.54. The molecule has 0 radical (unpaired) electrons. The number of nitrogens with one attached hydrogen (secondary N) is 1. The van der Waals surface area contributed by atoms with E-state index in [1.807, 2.05) is 0 Å². The van der Waals surface area contributed by atoms with Crippen molar-refractivity contribution in [1.29, 1.82) is 0 Å². The predicted octanol–water partition coefficient (Wildman–Crippen LogP) is -0.265. The molecule has 3 rings (SSSR count). The maximum atomic E-state index is 12.2. The molecule has 106 valence electrons. The average molecular weight is 276 g/mol. The predicted molar refractivity (Wildman–Crippen MR) is 68.8 cm³/mol. The van der Waals surface area contributed by atoms with Crippen LogP contribution < -0.4 is 10.1 Å². The van der Waals surface area contributed by atoms with Gasteiger partial charge >= 0.3 is 0 Å². The molecule has 0 unspecified atom stereocenters. The third-order valence-corrected chi connectivity index (χ3v) is 3.59. The minimum absolute atomic E-state index is 0.0129. The molecule has 2 atom stereocenters. The molecule has 0 spiro atoms. The minimum atomic E-state index is -0.363. The molecule has 2 aliphatic rings. The van der Waals surface area contributed by atoms with Gasteiger partial charge in [0.25, 0.3) is 0 Å². The van der Waals surface area contributed by atoms with Crippen molar-refractivity contribution in [3.05, 3.63) is 18.3 Å². The summed E-state index contributed by atoms with van der Waals surface area (Å²) in [5, 5.41) is 10.3. The first-order valence-electron chi connectivity index (χ1n) is 6.75. The lowest BCUT2D eigenvalue weighted by Crippen LogP contribution is -2.44. The van der Waals surface area contributed by atoms with Crippen molar-refractivity contribution in [2.24, 2.45) is 0 Å². The summed E-state index contributed by atoms with van der Waals surface area (Å²) < 4.78 is 5.68. The smallest absolute Gasteiger partial charge is 0.245 e. The molecule has 7 nitrogen and oxygen atoms in total. The molecule has 2 aliphatic heterocycles. The van der Waals surface area contributed by atoms with Gasteiger partial charge in [-0.15, -0.1) is 5.10 Å². The zero-order valence-corrected chi connectivity index (χ0v) is 11.0. The number of nitrogens with zero attached hydrogens (tertiary/aromatic N) is 3. The highest BCUT2D eigenvalue weighted by Gasteiger charge is 2.35. The second-order valence-corrected chi connectivity index (χ2v) is 5.03. The lowest BCUT2D eigenvalue weighted by atomic mass is 10.2. The summed E-state index contributed by atoms with van der Waals surface area (Å²) in [5.41, 5.74) is 0. The molecule has 1 aromatic heterocycles.